The standard InChI is InChI=1S/C14H17FN2O/c15-10-3-6-12(13(16)7-10)14(18)17(11-4-5-11)8-9-1-2-9/h3,6-7,9,11H,1-2,4-5,8,16H2. The Bertz CT molecular complexity index is 481. The van der Waals surface area contributed by atoms with Crippen LogP contribution in [0.5, 0.6) is 0 Å². The van der Waals surface area contributed by atoms with Crippen LogP contribution in [0.25, 0.3) is 0 Å². The molecule has 2 fully saturated rings. The number of nitrogens with zero attached hydrogens (tertiary/aromatic N) is 1. The van der Waals surface area contributed by atoms with Gasteiger partial charge in [0.25, 0.3) is 5.91 Å². The Morgan fingerprint density at radius 2 is 2.06 bits per heavy atom. The smallest absolute Gasteiger partial charge is 0.256 e. The van der Waals surface area contributed by atoms with Crippen LogP contribution < -0.4 is 5.73 Å². The quantitative estimate of drug-likeness (QED) is 0.832. The second-order valence-electron chi connectivity index (χ2n) is 5.36. The lowest BCUT2D eigenvalue weighted by Gasteiger charge is -2.23. The van der Waals surface area contributed by atoms with Gasteiger partial charge in [-0.15, -0.1) is 0 Å². The lowest BCUT2D eigenvalue weighted by molar-refractivity contribution is 0.0736. The van der Waals surface area contributed by atoms with Crippen molar-refractivity contribution in [3.63, 3.8) is 0 Å². The SMILES string of the molecule is Nc1cc(F)ccc1C(=O)N(CC1CC1)C1CC1. The normalized spacial score (nSPS) is 18.7. The average molecular weight is 248 g/mol. The van der Waals surface area contributed by atoms with Crippen molar-refractivity contribution >= 4 is 11.6 Å². The van der Waals surface area contributed by atoms with Crippen LogP contribution >= 0.6 is 0 Å². The maximum atomic E-state index is 13.0. The zero-order valence-electron chi connectivity index (χ0n) is 10.2. The Labute approximate surface area is 106 Å². The predicted octanol–water partition coefficient (Wildman–Crippen LogP) is 2.42. The van der Waals surface area contributed by atoms with Crippen LogP contribution in [0.1, 0.15) is 36.0 Å². The fourth-order valence-corrected chi connectivity index (χ4v) is 2.25. The molecule has 18 heavy (non-hydrogen) atoms. The third kappa shape index (κ3) is 2.33. The number of anilines is 1. The summed E-state index contributed by atoms with van der Waals surface area (Å²) in [5.41, 5.74) is 6.41. The average Bonchev–Trinajstić information content (AvgIpc) is 3.18. The minimum atomic E-state index is -0.399. The van der Waals surface area contributed by atoms with Gasteiger partial charge in [0, 0.05) is 18.3 Å². The van der Waals surface area contributed by atoms with E-state index in [0.717, 1.165) is 19.4 Å². The molecule has 1 aromatic rings. The maximum Gasteiger partial charge on any atom is 0.256 e. The molecule has 2 N–H and O–H groups in total. The Morgan fingerprint density at radius 1 is 1.33 bits per heavy atom. The molecule has 0 saturated heterocycles. The lowest BCUT2D eigenvalue weighted by Crippen LogP contribution is -2.35. The molecule has 0 aliphatic heterocycles. The molecule has 1 amide bonds. The fraction of sp³-hybridized carbons (Fsp3) is 0.500. The molecule has 4 heteroatoms. The molecule has 0 spiro atoms. The van der Waals surface area contributed by atoms with Gasteiger partial charge in [0.1, 0.15) is 5.82 Å². The van der Waals surface area contributed by atoms with E-state index in [0.29, 0.717) is 17.5 Å². The first kappa shape index (κ1) is 11.5. The molecule has 96 valence electrons. The number of benzene rings is 1. The number of nitrogens with two attached hydrogens (primary N) is 1. The lowest BCUT2D eigenvalue weighted by atomic mass is 10.1. The van der Waals surface area contributed by atoms with Gasteiger partial charge in [0.2, 0.25) is 0 Å². The zero-order valence-corrected chi connectivity index (χ0v) is 10.2. The van der Waals surface area contributed by atoms with Gasteiger partial charge in [-0.1, -0.05) is 0 Å². The van der Waals surface area contributed by atoms with Crippen LogP contribution in [-0.2, 0) is 0 Å². The van der Waals surface area contributed by atoms with Crippen LogP contribution in [-0.4, -0.2) is 23.4 Å². The number of halogens is 1. The molecule has 0 heterocycles. The zero-order chi connectivity index (χ0) is 12.7. The van der Waals surface area contributed by atoms with Crippen molar-refractivity contribution < 1.29 is 9.18 Å². The van der Waals surface area contributed by atoms with Crippen LogP contribution in [0.3, 0.4) is 0 Å². The van der Waals surface area contributed by atoms with E-state index in [9.17, 15) is 9.18 Å². The molecule has 0 aromatic heterocycles. The van der Waals surface area contributed by atoms with Gasteiger partial charge >= 0.3 is 0 Å². The van der Waals surface area contributed by atoms with Crippen LogP contribution in [0.2, 0.25) is 0 Å². The summed E-state index contributed by atoms with van der Waals surface area (Å²) >= 11 is 0. The minimum absolute atomic E-state index is 0.0399. The van der Waals surface area contributed by atoms with E-state index >= 15 is 0 Å². The van der Waals surface area contributed by atoms with Crippen molar-refractivity contribution in [2.24, 2.45) is 5.92 Å². The number of carbonyl (C=O) groups is 1. The van der Waals surface area contributed by atoms with Crippen LogP contribution in [0, 0.1) is 11.7 Å². The second kappa shape index (κ2) is 4.26. The minimum Gasteiger partial charge on any atom is -0.398 e. The Kier molecular flexibility index (Phi) is 2.73. The van der Waals surface area contributed by atoms with E-state index in [-0.39, 0.29) is 11.6 Å². The summed E-state index contributed by atoms with van der Waals surface area (Å²) in [5, 5.41) is 0. The summed E-state index contributed by atoms with van der Waals surface area (Å²) in [7, 11) is 0. The molecule has 0 unspecified atom stereocenters. The number of rotatable bonds is 4. The van der Waals surface area contributed by atoms with Gasteiger partial charge < -0.3 is 10.6 Å². The van der Waals surface area contributed by atoms with E-state index < -0.39 is 5.82 Å². The van der Waals surface area contributed by atoms with E-state index in [1.165, 1.54) is 31.0 Å². The van der Waals surface area contributed by atoms with Crippen molar-refractivity contribution in [2.75, 3.05) is 12.3 Å². The molecule has 3 nitrogen and oxygen atoms in total. The molecule has 2 aliphatic rings. The first-order chi connectivity index (χ1) is 8.65. The number of amides is 1. The highest BCUT2D eigenvalue weighted by Gasteiger charge is 2.37. The summed E-state index contributed by atoms with van der Waals surface area (Å²) in [6.07, 6.45) is 4.60. The number of hydrogen-bond donors (Lipinski definition) is 1. The molecule has 1 aromatic carbocycles. The molecule has 2 saturated carbocycles. The first-order valence-electron chi connectivity index (χ1n) is 6.51. The summed E-state index contributed by atoms with van der Waals surface area (Å²) in [6, 6.07) is 4.39. The fourth-order valence-electron chi connectivity index (χ4n) is 2.25. The van der Waals surface area contributed by atoms with Gasteiger partial charge in [0.15, 0.2) is 0 Å². The van der Waals surface area contributed by atoms with Crippen molar-refractivity contribution in [1.82, 2.24) is 4.90 Å². The third-order valence-electron chi connectivity index (χ3n) is 3.64. The van der Waals surface area contributed by atoms with Crippen molar-refractivity contribution in [2.45, 2.75) is 31.7 Å². The van der Waals surface area contributed by atoms with E-state index in [1.807, 2.05) is 4.90 Å². The van der Waals surface area contributed by atoms with Crippen molar-refractivity contribution in [3.05, 3.63) is 29.6 Å². The molecule has 2 aliphatic carbocycles. The monoisotopic (exact) mass is 248 g/mol. The Balaban J connectivity index is 1.81. The molecule has 0 radical (unpaired) electrons. The highest BCUT2D eigenvalue weighted by atomic mass is 19.1. The summed E-state index contributed by atoms with van der Waals surface area (Å²) in [6.45, 7) is 0.834. The van der Waals surface area contributed by atoms with Gasteiger partial charge in [-0.05, 0) is 49.8 Å². The van der Waals surface area contributed by atoms with Crippen LogP contribution in [0.15, 0.2) is 18.2 Å². The van der Waals surface area contributed by atoms with Gasteiger partial charge in [0.05, 0.1) is 5.56 Å². The van der Waals surface area contributed by atoms with Gasteiger partial charge in [-0.25, -0.2) is 4.39 Å². The molecular weight excluding hydrogens is 231 g/mol. The van der Waals surface area contributed by atoms with E-state index in [1.54, 1.807) is 0 Å². The Hall–Kier alpha value is -1.58. The predicted molar refractivity (Wildman–Crippen MR) is 67.6 cm³/mol. The topological polar surface area (TPSA) is 46.3 Å². The van der Waals surface area contributed by atoms with Gasteiger partial charge in [-0.3, -0.25) is 4.79 Å². The Morgan fingerprint density at radius 3 is 2.61 bits per heavy atom. The number of nitrogen functional groups attached to an aromatic ring is 1. The summed E-state index contributed by atoms with van der Waals surface area (Å²) in [4.78, 5) is 14.4. The maximum absolute atomic E-state index is 13.0. The molecule has 0 bridgehead atoms. The van der Waals surface area contributed by atoms with Crippen molar-refractivity contribution in [3.8, 4) is 0 Å². The van der Waals surface area contributed by atoms with Gasteiger partial charge in [-0.2, -0.15) is 0 Å². The number of carbonyl (C=O) groups excluding carboxylic acids is 1. The molecule has 0 atom stereocenters. The largest absolute Gasteiger partial charge is 0.398 e. The summed E-state index contributed by atoms with van der Waals surface area (Å²) < 4.78 is 13.0. The van der Waals surface area contributed by atoms with E-state index in [2.05, 4.69) is 0 Å². The van der Waals surface area contributed by atoms with E-state index in [4.69, 9.17) is 5.73 Å². The van der Waals surface area contributed by atoms with Crippen LogP contribution in [0.4, 0.5) is 10.1 Å². The third-order valence-corrected chi connectivity index (χ3v) is 3.64. The molecular formula is C14H17FN2O. The highest BCUT2D eigenvalue weighted by Crippen LogP contribution is 2.36. The molecule has 3 rings (SSSR count). The first-order valence-corrected chi connectivity index (χ1v) is 6.51. The number of hydrogen-bond acceptors (Lipinski definition) is 2. The van der Waals surface area contributed by atoms with Crippen molar-refractivity contribution in [1.29, 1.82) is 0 Å². The summed E-state index contributed by atoms with van der Waals surface area (Å²) in [5.74, 6) is 0.224. The second-order valence-corrected chi connectivity index (χ2v) is 5.36. The highest BCUT2D eigenvalue weighted by molar-refractivity contribution is 5.99.